The van der Waals surface area contributed by atoms with Gasteiger partial charge in [-0.05, 0) is 30.4 Å². The largest absolute Gasteiger partial charge is 0.377 e. The van der Waals surface area contributed by atoms with Crippen molar-refractivity contribution < 1.29 is 4.92 Å². The Kier molecular flexibility index (Phi) is 4.16. The fraction of sp³-hybridized carbons (Fsp3) is 0.286. The summed E-state index contributed by atoms with van der Waals surface area (Å²) in [4.78, 5) is 11.7. The highest BCUT2D eigenvalue weighted by atomic mass is 32.1. The third-order valence-corrected chi connectivity index (χ3v) is 4.04. The molecule has 19 heavy (non-hydrogen) atoms. The smallest absolute Gasteiger partial charge is 0.271 e. The molecule has 0 bridgehead atoms. The topological polar surface area (TPSA) is 55.2 Å². The minimum Gasteiger partial charge on any atom is -0.377 e. The molecule has 0 amide bonds. The van der Waals surface area contributed by atoms with Gasteiger partial charge in [-0.1, -0.05) is 19.1 Å². The summed E-state index contributed by atoms with van der Waals surface area (Å²) in [5.74, 6) is 0. The van der Waals surface area contributed by atoms with Crippen LogP contribution in [0.3, 0.4) is 0 Å². The Morgan fingerprint density at radius 2 is 2.21 bits per heavy atom. The summed E-state index contributed by atoms with van der Waals surface area (Å²) in [6.07, 6.45) is 0.933. The highest BCUT2D eigenvalue weighted by Gasteiger charge is 2.14. The maximum Gasteiger partial charge on any atom is 0.271 e. The summed E-state index contributed by atoms with van der Waals surface area (Å²) in [5, 5.41) is 16.3. The zero-order valence-corrected chi connectivity index (χ0v) is 11.7. The number of hydrogen-bond acceptors (Lipinski definition) is 4. The summed E-state index contributed by atoms with van der Waals surface area (Å²) < 4.78 is 0. The van der Waals surface area contributed by atoms with E-state index in [2.05, 4.69) is 18.3 Å². The lowest BCUT2D eigenvalue weighted by Gasteiger charge is -2.18. The number of benzene rings is 1. The first-order valence-corrected chi connectivity index (χ1v) is 7.04. The van der Waals surface area contributed by atoms with E-state index in [1.54, 1.807) is 23.5 Å². The van der Waals surface area contributed by atoms with E-state index >= 15 is 0 Å². The second kappa shape index (κ2) is 5.84. The van der Waals surface area contributed by atoms with Gasteiger partial charge in [0.1, 0.15) is 0 Å². The fourth-order valence-corrected chi connectivity index (χ4v) is 2.79. The van der Waals surface area contributed by atoms with E-state index in [4.69, 9.17) is 0 Å². The molecule has 1 aromatic carbocycles. The number of anilines is 1. The van der Waals surface area contributed by atoms with Crippen molar-refractivity contribution in [3.8, 4) is 0 Å². The molecular formula is C14H16N2O2S. The molecule has 1 atom stereocenters. The molecule has 0 aliphatic rings. The number of rotatable bonds is 5. The number of non-ortho nitro benzene ring substituents is 1. The molecule has 2 aromatic rings. The maximum atomic E-state index is 10.8. The Balaban J connectivity index is 2.26. The maximum absolute atomic E-state index is 10.8. The molecule has 5 heteroatoms. The first kappa shape index (κ1) is 13.5. The van der Waals surface area contributed by atoms with Gasteiger partial charge in [-0.2, -0.15) is 0 Å². The fourth-order valence-electron chi connectivity index (χ4n) is 1.93. The van der Waals surface area contributed by atoms with E-state index in [1.165, 1.54) is 10.9 Å². The van der Waals surface area contributed by atoms with Crippen molar-refractivity contribution in [3.05, 3.63) is 56.3 Å². The van der Waals surface area contributed by atoms with E-state index in [0.717, 1.165) is 17.7 Å². The van der Waals surface area contributed by atoms with Crippen LogP contribution in [-0.4, -0.2) is 4.92 Å². The molecule has 0 fully saturated rings. The molecule has 1 unspecified atom stereocenters. The van der Waals surface area contributed by atoms with E-state index in [0.29, 0.717) is 0 Å². The SMILES string of the molecule is CCC(Nc1cc([N+](=O)[O-])ccc1C)c1cccs1. The molecule has 1 N–H and O–H groups in total. The molecule has 1 heterocycles. The van der Waals surface area contributed by atoms with Crippen LogP contribution in [0.5, 0.6) is 0 Å². The number of nitro benzene ring substituents is 1. The van der Waals surface area contributed by atoms with Crippen LogP contribution in [0, 0.1) is 17.0 Å². The van der Waals surface area contributed by atoms with Crippen molar-refractivity contribution in [1.29, 1.82) is 0 Å². The van der Waals surface area contributed by atoms with E-state index in [9.17, 15) is 10.1 Å². The monoisotopic (exact) mass is 276 g/mol. The molecule has 0 aliphatic heterocycles. The molecule has 0 saturated carbocycles. The summed E-state index contributed by atoms with van der Waals surface area (Å²) in [6.45, 7) is 4.05. The normalized spacial score (nSPS) is 12.1. The van der Waals surface area contributed by atoms with Gasteiger partial charge in [0.2, 0.25) is 0 Å². The van der Waals surface area contributed by atoms with Crippen molar-refractivity contribution in [1.82, 2.24) is 0 Å². The van der Waals surface area contributed by atoms with Crippen LogP contribution < -0.4 is 5.32 Å². The van der Waals surface area contributed by atoms with Crippen LogP contribution in [0.15, 0.2) is 35.7 Å². The van der Waals surface area contributed by atoms with Crippen LogP contribution in [0.25, 0.3) is 0 Å². The van der Waals surface area contributed by atoms with Crippen molar-refractivity contribution in [2.45, 2.75) is 26.3 Å². The average Bonchev–Trinajstić information content (AvgIpc) is 2.91. The molecule has 0 radical (unpaired) electrons. The van der Waals surface area contributed by atoms with Gasteiger partial charge in [-0.15, -0.1) is 11.3 Å². The van der Waals surface area contributed by atoms with Crippen molar-refractivity contribution in [2.75, 3.05) is 5.32 Å². The molecule has 0 spiro atoms. The minimum absolute atomic E-state index is 0.120. The highest BCUT2D eigenvalue weighted by molar-refractivity contribution is 7.10. The molecule has 100 valence electrons. The van der Waals surface area contributed by atoms with E-state index in [-0.39, 0.29) is 16.7 Å². The van der Waals surface area contributed by atoms with E-state index in [1.807, 2.05) is 18.4 Å². The molecule has 0 aliphatic carbocycles. The first-order valence-electron chi connectivity index (χ1n) is 6.16. The standard InChI is InChI=1S/C14H16N2O2S/c1-3-12(14-5-4-8-19-14)15-13-9-11(16(17)18)7-6-10(13)2/h4-9,12,15H,3H2,1-2H3. The van der Waals surface area contributed by atoms with Crippen molar-refractivity contribution in [3.63, 3.8) is 0 Å². The van der Waals surface area contributed by atoms with Gasteiger partial charge in [0.15, 0.2) is 0 Å². The summed E-state index contributed by atoms with van der Waals surface area (Å²) >= 11 is 1.69. The number of aryl methyl sites for hydroxylation is 1. The Labute approximate surface area is 116 Å². The number of thiophene rings is 1. The second-order valence-corrected chi connectivity index (χ2v) is 5.36. The van der Waals surface area contributed by atoms with Crippen molar-refractivity contribution >= 4 is 22.7 Å². The number of hydrogen-bond donors (Lipinski definition) is 1. The predicted molar refractivity (Wildman–Crippen MR) is 78.8 cm³/mol. The van der Waals surface area contributed by atoms with Gasteiger partial charge in [0.05, 0.1) is 11.0 Å². The quantitative estimate of drug-likeness (QED) is 0.645. The minimum atomic E-state index is -0.364. The van der Waals surface area contributed by atoms with Gasteiger partial charge in [-0.25, -0.2) is 0 Å². The lowest BCUT2D eigenvalue weighted by molar-refractivity contribution is -0.384. The van der Waals surface area contributed by atoms with Gasteiger partial charge in [-0.3, -0.25) is 10.1 Å². The van der Waals surface area contributed by atoms with Gasteiger partial charge in [0, 0.05) is 22.7 Å². The molecule has 2 rings (SSSR count). The van der Waals surface area contributed by atoms with Crippen LogP contribution in [-0.2, 0) is 0 Å². The predicted octanol–water partition coefficient (Wildman–Crippen LogP) is 4.53. The zero-order chi connectivity index (χ0) is 13.8. The van der Waals surface area contributed by atoms with Crippen LogP contribution in [0.4, 0.5) is 11.4 Å². The lowest BCUT2D eigenvalue weighted by Crippen LogP contribution is -2.09. The van der Waals surface area contributed by atoms with E-state index < -0.39 is 0 Å². The summed E-state index contributed by atoms with van der Waals surface area (Å²) in [7, 11) is 0. The van der Waals surface area contributed by atoms with Gasteiger partial charge >= 0.3 is 0 Å². The zero-order valence-electron chi connectivity index (χ0n) is 10.9. The lowest BCUT2D eigenvalue weighted by atomic mass is 10.1. The number of nitrogens with one attached hydrogen (secondary N) is 1. The number of nitrogens with zero attached hydrogens (tertiary/aromatic N) is 1. The Bertz CT molecular complexity index is 567. The Morgan fingerprint density at radius 3 is 2.79 bits per heavy atom. The third-order valence-electron chi connectivity index (χ3n) is 3.06. The summed E-state index contributed by atoms with van der Waals surface area (Å²) in [5.41, 5.74) is 1.96. The first-order chi connectivity index (χ1) is 9.11. The molecule has 1 aromatic heterocycles. The Morgan fingerprint density at radius 1 is 1.42 bits per heavy atom. The molecule has 4 nitrogen and oxygen atoms in total. The third kappa shape index (κ3) is 3.12. The average molecular weight is 276 g/mol. The summed E-state index contributed by atoms with van der Waals surface area (Å²) in [6, 6.07) is 9.21. The van der Waals surface area contributed by atoms with Crippen molar-refractivity contribution in [2.24, 2.45) is 0 Å². The highest BCUT2D eigenvalue weighted by Crippen LogP contribution is 2.29. The number of nitro groups is 1. The Hall–Kier alpha value is -1.88. The van der Waals surface area contributed by atoms with Gasteiger partial charge in [0.25, 0.3) is 5.69 Å². The van der Waals surface area contributed by atoms with Gasteiger partial charge < -0.3 is 5.32 Å². The second-order valence-electron chi connectivity index (χ2n) is 4.38. The van der Waals surface area contributed by atoms with Crippen LogP contribution >= 0.6 is 11.3 Å². The van der Waals surface area contributed by atoms with Crippen LogP contribution in [0.2, 0.25) is 0 Å². The molecule has 0 saturated heterocycles. The van der Waals surface area contributed by atoms with Crippen LogP contribution in [0.1, 0.15) is 29.8 Å². The molecular weight excluding hydrogens is 260 g/mol.